The zero-order chi connectivity index (χ0) is 13.2. The zero-order valence-corrected chi connectivity index (χ0v) is 11.6. The number of hydrogen-bond acceptors (Lipinski definition) is 4. The Bertz CT molecular complexity index is 585. The maximum Gasteiger partial charge on any atom is 0.387 e. The number of halogens is 4. The molecule has 0 aromatic heterocycles. The lowest BCUT2D eigenvalue weighted by Crippen LogP contribution is -2.07. The summed E-state index contributed by atoms with van der Waals surface area (Å²) in [7, 11) is 1.02. The van der Waals surface area contributed by atoms with Crippen LogP contribution in [-0.2, 0) is 9.05 Å². The van der Waals surface area contributed by atoms with E-state index in [9.17, 15) is 17.2 Å². The van der Waals surface area contributed by atoms with Gasteiger partial charge >= 0.3 is 6.61 Å². The maximum atomic E-state index is 12.1. The summed E-state index contributed by atoms with van der Waals surface area (Å²) in [5.41, 5.74) is -0.196. The number of alkyl halides is 2. The molecule has 0 bridgehead atoms. The fraction of sp³-hybridized carbons (Fsp3) is 0.125. The molecule has 0 heterocycles. The van der Waals surface area contributed by atoms with Crippen molar-refractivity contribution in [1.82, 2.24) is 0 Å². The predicted octanol–water partition coefficient (Wildman–Crippen LogP) is 2.69. The van der Waals surface area contributed by atoms with E-state index in [-0.39, 0.29) is 14.0 Å². The van der Waals surface area contributed by atoms with Crippen LogP contribution in [0.5, 0.6) is 5.75 Å². The Morgan fingerprint density at radius 2 is 2.06 bits per heavy atom. The van der Waals surface area contributed by atoms with Crippen molar-refractivity contribution in [2.45, 2.75) is 11.5 Å². The van der Waals surface area contributed by atoms with Crippen LogP contribution in [-0.4, -0.2) is 15.0 Å². The Balaban J connectivity index is 3.50. The van der Waals surface area contributed by atoms with Crippen LogP contribution < -0.4 is 4.74 Å². The van der Waals surface area contributed by atoms with Crippen molar-refractivity contribution in [2.75, 3.05) is 0 Å². The van der Waals surface area contributed by atoms with Crippen molar-refractivity contribution in [2.24, 2.45) is 0 Å². The summed E-state index contributed by atoms with van der Waals surface area (Å²) < 4.78 is 50.5. The van der Waals surface area contributed by atoms with Gasteiger partial charge in [-0.1, -0.05) is 0 Å². The minimum absolute atomic E-state index is 0.156. The Labute approximate surface area is 114 Å². The van der Waals surface area contributed by atoms with Gasteiger partial charge in [0, 0.05) is 10.7 Å². The van der Waals surface area contributed by atoms with Crippen LogP contribution in [0.3, 0.4) is 0 Å². The molecule has 0 saturated carbocycles. The highest BCUT2D eigenvalue weighted by Crippen LogP contribution is 2.33. The molecule has 0 N–H and O–H groups in total. The van der Waals surface area contributed by atoms with Crippen LogP contribution >= 0.6 is 33.3 Å². The molecule has 0 spiro atoms. The van der Waals surface area contributed by atoms with E-state index >= 15 is 0 Å². The van der Waals surface area contributed by atoms with Crippen molar-refractivity contribution in [3.63, 3.8) is 0 Å². The first kappa shape index (κ1) is 14.4. The average Bonchev–Trinajstić information content (AvgIpc) is 2.18. The van der Waals surface area contributed by atoms with Crippen molar-refractivity contribution in [3.8, 4) is 11.8 Å². The summed E-state index contributed by atoms with van der Waals surface area (Å²) in [4.78, 5) is -0.380. The van der Waals surface area contributed by atoms with Gasteiger partial charge in [0.05, 0.1) is 14.0 Å². The normalized spacial score (nSPS) is 11.3. The molecule has 0 atom stereocenters. The third-order valence-electron chi connectivity index (χ3n) is 1.65. The zero-order valence-electron chi connectivity index (χ0n) is 7.82. The summed E-state index contributed by atoms with van der Waals surface area (Å²) in [5, 5.41) is 8.69. The van der Waals surface area contributed by atoms with Crippen LogP contribution in [0.25, 0.3) is 0 Å². The quantitative estimate of drug-likeness (QED) is 0.585. The Morgan fingerprint density at radius 1 is 1.47 bits per heavy atom. The first-order valence-electron chi connectivity index (χ1n) is 3.89. The van der Waals surface area contributed by atoms with Crippen molar-refractivity contribution >= 4 is 42.3 Å². The van der Waals surface area contributed by atoms with Crippen LogP contribution in [0.15, 0.2) is 17.0 Å². The summed E-state index contributed by atoms with van der Waals surface area (Å²) in [6, 6.07) is 3.73. The summed E-state index contributed by atoms with van der Waals surface area (Å²) in [6.45, 7) is -3.16. The molecule has 4 nitrogen and oxygen atoms in total. The summed E-state index contributed by atoms with van der Waals surface area (Å²) in [5.74, 6) is -0.496. The standard InChI is InChI=1S/C8H3ClF2INO3S/c9-17(14,15)5-2-1-4(3-13)7(6(5)12)16-8(10)11/h1-2,8H. The molecule has 0 amide bonds. The molecule has 0 radical (unpaired) electrons. The van der Waals surface area contributed by atoms with Gasteiger partial charge in [0.25, 0.3) is 9.05 Å². The SMILES string of the molecule is N#Cc1ccc(S(=O)(=O)Cl)c(I)c1OC(F)F. The van der Waals surface area contributed by atoms with Crippen LogP contribution in [0.2, 0.25) is 0 Å². The molecule has 0 unspecified atom stereocenters. The highest BCUT2D eigenvalue weighted by Gasteiger charge is 2.22. The first-order chi connectivity index (χ1) is 7.77. The molecule has 0 aliphatic heterocycles. The molecule has 0 aliphatic rings. The highest BCUT2D eigenvalue weighted by atomic mass is 127. The largest absolute Gasteiger partial charge is 0.432 e. The number of rotatable bonds is 3. The molecule has 92 valence electrons. The molecule has 0 fully saturated rings. The van der Waals surface area contributed by atoms with Gasteiger partial charge in [0.1, 0.15) is 6.07 Å². The number of nitrogens with zero attached hydrogens (tertiary/aromatic N) is 1. The topological polar surface area (TPSA) is 67.2 Å². The molecule has 0 aliphatic carbocycles. The summed E-state index contributed by atoms with van der Waals surface area (Å²) in [6.07, 6.45) is 0. The highest BCUT2D eigenvalue weighted by molar-refractivity contribution is 14.1. The second kappa shape index (κ2) is 5.32. The lowest BCUT2D eigenvalue weighted by atomic mass is 10.2. The smallest absolute Gasteiger partial charge is 0.387 e. The van der Waals surface area contributed by atoms with Crippen molar-refractivity contribution in [1.29, 1.82) is 5.26 Å². The molecule has 9 heteroatoms. The maximum absolute atomic E-state index is 12.1. The van der Waals surface area contributed by atoms with Crippen molar-refractivity contribution < 1.29 is 21.9 Å². The third kappa shape index (κ3) is 3.40. The van der Waals surface area contributed by atoms with E-state index in [1.807, 2.05) is 0 Å². The average molecular weight is 394 g/mol. The molecule has 1 aromatic rings. The Kier molecular flexibility index (Phi) is 4.51. The first-order valence-corrected chi connectivity index (χ1v) is 7.28. The summed E-state index contributed by atoms with van der Waals surface area (Å²) >= 11 is 1.48. The monoisotopic (exact) mass is 393 g/mol. The van der Waals surface area contributed by atoms with Crippen LogP contribution in [0.1, 0.15) is 5.56 Å². The number of benzene rings is 1. The van der Waals surface area contributed by atoms with Gasteiger partial charge in [-0.15, -0.1) is 0 Å². The van der Waals surface area contributed by atoms with Gasteiger partial charge in [0.15, 0.2) is 5.75 Å². The van der Waals surface area contributed by atoms with Crippen LogP contribution in [0.4, 0.5) is 8.78 Å². The number of nitriles is 1. The number of ether oxygens (including phenoxy) is 1. The van der Waals surface area contributed by atoms with Gasteiger partial charge in [-0.3, -0.25) is 0 Å². The van der Waals surface area contributed by atoms with E-state index in [4.69, 9.17) is 15.9 Å². The van der Waals surface area contributed by atoms with Crippen LogP contribution in [0, 0.1) is 14.9 Å². The van der Waals surface area contributed by atoms with Gasteiger partial charge in [-0.2, -0.15) is 14.0 Å². The second-order valence-corrected chi connectivity index (χ2v) is 6.30. The second-order valence-electron chi connectivity index (χ2n) is 2.68. The molecular formula is C8H3ClF2INO3S. The fourth-order valence-electron chi connectivity index (χ4n) is 1.02. The van der Waals surface area contributed by atoms with Crippen molar-refractivity contribution in [3.05, 3.63) is 21.3 Å². The number of hydrogen-bond donors (Lipinski definition) is 0. The molecule has 1 aromatic carbocycles. The minimum atomic E-state index is -4.09. The Hall–Kier alpha value is -0.660. The lowest BCUT2D eigenvalue weighted by Gasteiger charge is -2.10. The molecule has 17 heavy (non-hydrogen) atoms. The van der Waals surface area contributed by atoms with Gasteiger partial charge in [-0.05, 0) is 34.7 Å². The minimum Gasteiger partial charge on any atom is -0.432 e. The van der Waals surface area contributed by atoms with E-state index < -0.39 is 21.4 Å². The molecule has 0 saturated heterocycles. The Morgan fingerprint density at radius 3 is 2.47 bits per heavy atom. The van der Waals surface area contributed by atoms with E-state index in [0.29, 0.717) is 0 Å². The van der Waals surface area contributed by atoms with Gasteiger partial charge in [-0.25, -0.2) is 8.42 Å². The molecular weight excluding hydrogens is 391 g/mol. The fourth-order valence-corrected chi connectivity index (χ4v) is 3.80. The van der Waals surface area contributed by atoms with E-state index in [2.05, 4.69) is 4.74 Å². The third-order valence-corrected chi connectivity index (χ3v) is 4.45. The lowest BCUT2D eigenvalue weighted by molar-refractivity contribution is -0.0508. The van der Waals surface area contributed by atoms with E-state index in [1.165, 1.54) is 22.6 Å². The van der Waals surface area contributed by atoms with Gasteiger partial charge in [0.2, 0.25) is 0 Å². The molecule has 1 rings (SSSR count). The van der Waals surface area contributed by atoms with E-state index in [0.717, 1.165) is 12.1 Å². The van der Waals surface area contributed by atoms with E-state index in [1.54, 1.807) is 6.07 Å². The van der Waals surface area contributed by atoms with Gasteiger partial charge < -0.3 is 4.74 Å². The predicted molar refractivity (Wildman–Crippen MR) is 63.5 cm³/mol.